The number of anilines is 1. The summed E-state index contributed by atoms with van der Waals surface area (Å²) in [5.74, 6) is 0.704. The van der Waals surface area contributed by atoms with E-state index in [2.05, 4.69) is 22.2 Å². The molecule has 2 N–H and O–H groups in total. The predicted molar refractivity (Wildman–Crippen MR) is 80.7 cm³/mol. The van der Waals surface area contributed by atoms with Crippen molar-refractivity contribution in [3.05, 3.63) is 18.0 Å². The van der Waals surface area contributed by atoms with E-state index in [-0.39, 0.29) is 12.1 Å². The minimum Gasteiger partial charge on any atom is -0.391 e. The zero-order valence-corrected chi connectivity index (χ0v) is 12.5. The average Bonchev–Trinajstić information content (AvgIpc) is 2.48. The highest BCUT2D eigenvalue weighted by molar-refractivity contribution is 5.31. The van der Waals surface area contributed by atoms with Crippen LogP contribution in [0.25, 0.3) is 0 Å². The molecule has 5 heteroatoms. The molecule has 1 aromatic rings. The minimum absolute atomic E-state index is 0.146. The predicted octanol–water partition coefficient (Wildman–Crippen LogP) is 1.72. The Kier molecular flexibility index (Phi) is 5.73. The Labute approximate surface area is 121 Å². The van der Waals surface area contributed by atoms with Gasteiger partial charge >= 0.3 is 0 Å². The van der Waals surface area contributed by atoms with Crippen LogP contribution in [0.4, 0.5) is 5.95 Å². The molecule has 1 aromatic heterocycles. The third-order valence-corrected chi connectivity index (χ3v) is 3.95. The molecular formula is C15H26N4O. The first kappa shape index (κ1) is 15.2. The van der Waals surface area contributed by atoms with Gasteiger partial charge in [0.15, 0.2) is 0 Å². The third kappa shape index (κ3) is 3.90. The van der Waals surface area contributed by atoms with Crippen LogP contribution in [0.2, 0.25) is 0 Å². The van der Waals surface area contributed by atoms with E-state index in [9.17, 15) is 5.11 Å². The lowest BCUT2D eigenvalue weighted by Gasteiger charge is -2.35. The Morgan fingerprint density at radius 3 is 2.65 bits per heavy atom. The van der Waals surface area contributed by atoms with Crippen molar-refractivity contribution < 1.29 is 5.11 Å². The van der Waals surface area contributed by atoms with Crippen LogP contribution in [0, 0.1) is 0 Å². The van der Waals surface area contributed by atoms with Gasteiger partial charge in [-0.25, -0.2) is 9.97 Å². The maximum absolute atomic E-state index is 10.1. The van der Waals surface area contributed by atoms with E-state index in [0.29, 0.717) is 5.95 Å². The van der Waals surface area contributed by atoms with Gasteiger partial charge < -0.3 is 15.3 Å². The van der Waals surface area contributed by atoms with Gasteiger partial charge in [0, 0.05) is 31.5 Å². The molecule has 1 aliphatic rings. The molecule has 1 fully saturated rings. The molecule has 1 heterocycles. The van der Waals surface area contributed by atoms with E-state index in [4.69, 9.17) is 0 Å². The smallest absolute Gasteiger partial charge is 0.225 e. The van der Waals surface area contributed by atoms with Crippen LogP contribution in [-0.4, -0.2) is 40.8 Å². The Hall–Kier alpha value is -1.20. The van der Waals surface area contributed by atoms with Crippen molar-refractivity contribution in [2.75, 3.05) is 18.5 Å². The highest BCUT2D eigenvalue weighted by atomic mass is 16.3. The number of nitrogens with one attached hydrogen (secondary N) is 1. The van der Waals surface area contributed by atoms with Crippen molar-refractivity contribution in [3.63, 3.8) is 0 Å². The third-order valence-electron chi connectivity index (χ3n) is 3.95. The monoisotopic (exact) mass is 278 g/mol. The number of nitrogens with zero attached hydrogens (tertiary/aromatic N) is 3. The SMILES string of the molecule is CCCNCc1cnc(N(C)C2CCCCC2O)nc1. The molecule has 0 radical (unpaired) electrons. The van der Waals surface area contributed by atoms with Crippen LogP contribution in [0.1, 0.15) is 44.6 Å². The van der Waals surface area contributed by atoms with Crippen LogP contribution >= 0.6 is 0 Å². The van der Waals surface area contributed by atoms with Crippen molar-refractivity contribution >= 4 is 5.95 Å². The van der Waals surface area contributed by atoms with Crippen LogP contribution in [0.15, 0.2) is 12.4 Å². The van der Waals surface area contributed by atoms with Gasteiger partial charge in [0.25, 0.3) is 0 Å². The summed E-state index contributed by atoms with van der Waals surface area (Å²) >= 11 is 0. The summed E-state index contributed by atoms with van der Waals surface area (Å²) < 4.78 is 0. The molecule has 0 bridgehead atoms. The van der Waals surface area contributed by atoms with E-state index in [0.717, 1.165) is 44.3 Å². The molecule has 0 spiro atoms. The number of aromatic nitrogens is 2. The second kappa shape index (κ2) is 7.55. The minimum atomic E-state index is -0.261. The molecule has 2 unspecified atom stereocenters. The molecule has 2 rings (SSSR count). The van der Waals surface area contributed by atoms with Gasteiger partial charge in [-0.15, -0.1) is 0 Å². The van der Waals surface area contributed by atoms with Gasteiger partial charge in [0.1, 0.15) is 0 Å². The molecule has 112 valence electrons. The summed E-state index contributed by atoms with van der Waals surface area (Å²) in [5, 5.41) is 13.4. The van der Waals surface area contributed by atoms with Crippen molar-refractivity contribution in [1.29, 1.82) is 0 Å². The van der Waals surface area contributed by atoms with Crippen LogP contribution < -0.4 is 10.2 Å². The van der Waals surface area contributed by atoms with Gasteiger partial charge in [-0.3, -0.25) is 0 Å². The van der Waals surface area contributed by atoms with Crippen LogP contribution in [0.3, 0.4) is 0 Å². The van der Waals surface area contributed by atoms with Gasteiger partial charge in [0.2, 0.25) is 5.95 Å². The molecule has 20 heavy (non-hydrogen) atoms. The van der Waals surface area contributed by atoms with Crippen molar-refractivity contribution in [2.24, 2.45) is 0 Å². The molecule has 0 amide bonds. The van der Waals surface area contributed by atoms with Gasteiger partial charge in [-0.1, -0.05) is 19.8 Å². The number of likely N-dealkylation sites (N-methyl/N-ethyl adjacent to an activating group) is 1. The quantitative estimate of drug-likeness (QED) is 0.776. The van der Waals surface area contributed by atoms with Crippen molar-refractivity contribution in [1.82, 2.24) is 15.3 Å². The zero-order valence-electron chi connectivity index (χ0n) is 12.5. The van der Waals surface area contributed by atoms with E-state index in [1.165, 1.54) is 6.42 Å². The lowest BCUT2D eigenvalue weighted by Crippen LogP contribution is -2.44. The highest BCUT2D eigenvalue weighted by Crippen LogP contribution is 2.24. The molecule has 0 aromatic carbocycles. The number of hydrogen-bond donors (Lipinski definition) is 2. The topological polar surface area (TPSA) is 61.3 Å². The normalized spacial score (nSPS) is 22.8. The van der Waals surface area contributed by atoms with Crippen molar-refractivity contribution in [3.8, 4) is 0 Å². The second-order valence-corrected chi connectivity index (χ2v) is 5.60. The Morgan fingerprint density at radius 1 is 1.30 bits per heavy atom. The number of aliphatic hydroxyl groups excluding tert-OH is 1. The number of hydrogen-bond acceptors (Lipinski definition) is 5. The van der Waals surface area contributed by atoms with Crippen molar-refractivity contribution in [2.45, 2.75) is 57.7 Å². The van der Waals surface area contributed by atoms with Gasteiger partial charge in [0.05, 0.1) is 12.1 Å². The Bertz CT molecular complexity index is 395. The molecular weight excluding hydrogens is 252 g/mol. The molecule has 0 aliphatic heterocycles. The molecule has 5 nitrogen and oxygen atoms in total. The maximum Gasteiger partial charge on any atom is 0.225 e. The average molecular weight is 278 g/mol. The number of rotatable bonds is 6. The summed E-state index contributed by atoms with van der Waals surface area (Å²) in [6, 6.07) is 0.146. The van der Waals surface area contributed by atoms with Crippen LogP contribution in [0.5, 0.6) is 0 Å². The molecule has 0 saturated heterocycles. The summed E-state index contributed by atoms with van der Waals surface area (Å²) in [6.07, 6.45) is 8.80. The molecule has 1 aliphatic carbocycles. The lowest BCUT2D eigenvalue weighted by molar-refractivity contribution is 0.105. The van der Waals surface area contributed by atoms with Gasteiger partial charge in [-0.05, 0) is 25.8 Å². The first-order chi connectivity index (χ1) is 9.72. The molecule has 2 atom stereocenters. The largest absolute Gasteiger partial charge is 0.391 e. The fourth-order valence-corrected chi connectivity index (χ4v) is 2.72. The number of aliphatic hydroxyl groups is 1. The lowest BCUT2D eigenvalue weighted by atomic mass is 9.92. The van der Waals surface area contributed by atoms with E-state index in [1.807, 2.05) is 24.3 Å². The first-order valence-electron chi connectivity index (χ1n) is 7.65. The summed E-state index contributed by atoms with van der Waals surface area (Å²) in [4.78, 5) is 10.9. The zero-order chi connectivity index (χ0) is 14.4. The van der Waals surface area contributed by atoms with E-state index in [1.54, 1.807) is 0 Å². The maximum atomic E-state index is 10.1. The van der Waals surface area contributed by atoms with Crippen LogP contribution in [-0.2, 0) is 6.54 Å². The summed E-state index contributed by atoms with van der Waals surface area (Å²) in [7, 11) is 1.98. The Balaban J connectivity index is 1.94. The van der Waals surface area contributed by atoms with Gasteiger partial charge in [-0.2, -0.15) is 0 Å². The second-order valence-electron chi connectivity index (χ2n) is 5.60. The summed E-state index contributed by atoms with van der Waals surface area (Å²) in [6.45, 7) is 3.97. The first-order valence-corrected chi connectivity index (χ1v) is 7.65. The summed E-state index contributed by atoms with van der Waals surface area (Å²) in [5.41, 5.74) is 1.10. The molecule has 1 saturated carbocycles. The highest BCUT2D eigenvalue weighted by Gasteiger charge is 2.27. The Morgan fingerprint density at radius 2 is 2.00 bits per heavy atom. The van der Waals surface area contributed by atoms with E-state index >= 15 is 0 Å². The van der Waals surface area contributed by atoms with E-state index < -0.39 is 0 Å². The fraction of sp³-hybridized carbons (Fsp3) is 0.733. The standard InChI is InChI=1S/C15H26N4O/c1-3-8-16-9-12-10-17-15(18-11-12)19(2)13-6-4-5-7-14(13)20/h10-11,13-14,16,20H,3-9H2,1-2H3. The fourth-order valence-electron chi connectivity index (χ4n) is 2.72.